The normalized spacial score (nSPS) is 12.8. The maximum atomic E-state index is 14.1. The zero-order valence-electron chi connectivity index (χ0n) is 13.1. The number of allylic oxidation sites excluding steroid dienone is 1. The van der Waals surface area contributed by atoms with Gasteiger partial charge in [0.1, 0.15) is 5.82 Å². The van der Waals surface area contributed by atoms with Gasteiger partial charge in [-0.15, -0.1) is 0 Å². The van der Waals surface area contributed by atoms with Crippen LogP contribution in [-0.2, 0) is 4.79 Å². The van der Waals surface area contributed by atoms with E-state index in [0.717, 1.165) is 6.42 Å². The average molecular weight is 295 g/mol. The van der Waals surface area contributed by atoms with E-state index in [2.05, 4.69) is 5.32 Å². The predicted octanol–water partition coefficient (Wildman–Crippen LogP) is 3.38. The van der Waals surface area contributed by atoms with Gasteiger partial charge >= 0.3 is 0 Å². The number of methoxy groups -OCH3 is 2. The second-order valence-electron chi connectivity index (χ2n) is 4.72. The van der Waals surface area contributed by atoms with E-state index in [-0.39, 0.29) is 5.91 Å². The topological polar surface area (TPSA) is 47.6 Å². The zero-order chi connectivity index (χ0) is 16.0. The van der Waals surface area contributed by atoms with E-state index in [1.165, 1.54) is 26.4 Å². The number of ether oxygens (including phenoxy) is 2. The fourth-order valence-electron chi connectivity index (χ4n) is 1.99. The van der Waals surface area contributed by atoms with Crippen molar-refractivity contribution in [2.45, 2.75) is 33.2 Å². The van der Waals surface area contributed by atoms with Gasteiger partial charge in [0.15, 0.2) is 11.5 Å². The minimum atomic E-state index is -0.475. The van der Waals surface area contributed by atoms with Crippen LogP contribution in [0.4, 0.5) is 4.39 Å². The largest absolute Gasteiger partial charge is 0.493 e. The summed E-state index contributed by atoms with van der Waals surface area (Å²) < 4.78 is 24.3. The van der Waals surface area contributed by atoms with Crippen LogP contribution in [0.5, 0.6) is 11.5 Å². The van der Waals surface area contributed by atoms with Crippen LogP contribution in [0.15, 0.2) is 23.8 Å². The first-order valence-electron chi connectivity index (χ1n) is 6.83. The number of rotatable bonds is 6. The minimum absolute atomic E-state index is 0.210. The van der Waals surface area contributed by atoms with E-state index in [9.17, 15) is 9.18 Å². The molecule has 1 aromatic rings. The molecule has 116 valence electrons. The zero-order valence-corrected chi connectivity index (χ0v) is 13.1. The molecule has 1 aromatic carbocycles. The van der Waals surface area contributed by atoms with Gasteiger partial charge in [0.05, 0.1) is 20.3 Å². The molecule has 0 radical (unpaired) electrons. The molecule has 0 bridgehead atoms. The molecule has 1 rings (SSSR count). The first-order chi connectivity index (χ1) is 9.94. The lowest BCUT2D eigenvalue weighted by Crippen LogP contribution is -2.27. The fraction of sp³-hybridized carbons (Fsp3) is 0.438. The van der Waals surface area contributed by atoms with Crippen LogP contribution >= 0.6 is 0 Å². The quantitative estimate of drug-likeness (QED) is 0.818. The van der Waals surface area contributed by atoms with E-state index in [1.807, 2.05) is 13.0 Å². The number of nitrogens with one attached hydrogen (secondary N) is 1. The molecule has 1 amide bonds. The van der Waals surface area contributed by atoms with Crippen LogP contribution in [0.25, 0.3) is 0 Å². The number of hydrogen-bond donors (Lipinski definition) is 1. The van der Waals surface area contributed by atoms with Crippen molar-refractivity contribution in [3.63, 3.8) is 0 Å². The second kappa shape index (κ2) is 7.67. The van der Waals surface area contributed by atoms with Gasteiger partial charge in [-0.25, -0.2) is 4.39 Å². The molecule has 0 unspecified atom stereocenters. The van der Waals surface area contributed by atoms with Gasteiger partial charge < -0.3 is 14.8 Å². The Hall–Kier alpha value is -2.04. The molecular formula is C16H22FNO3. The summed E-state index contributed by atoms with van der Waals surface area (Å²) in [4.78, 5) is 11.9. The van der Waals surface area contributed by atoms with Gasteiger partial charge in [-0.3, -0.25) is 4.79 Å². The minimum Gasteiger partial charge on any atom is -0.493 e. The van der Waals surface area contributed by atoms with Crippen LogP contribution in [0, 0.1) is 5.82 Å². The smallest absolute Gasteiger partial charge is 0.247 e. The highest BCUT2D eigenvalue weighted by atomic mass is 19.1. The fourth-order valence-corrected chi connectivity index (χ4v) is 1.99. The van der Waals surface area contributed by atoms with E-state index in [1.54, 1.807) is 13.8 Å². The van der Waals surface area contributed by atoms with Gasteiger partial charge in [-0.2, -0.15) is 0 Å². The molecule has 4 nitrogen and oxygen atoms in total. The summed E-state index contributed by atoms with van der Waals surface area (Å²) in [6, 6.07) is 2.32. The molecule has 21 heavy (non-hydrogen) atoms. The van der Waals surface area contributed by atoms with Crippen LogP contribution in [0.1, 0.15) is 38.8 Å². The molecule has 0 aliphatic rings. The van der Waals surface area contributed by atoms with Gasteiger partial charge in [-0.1, -0.05) is 13.0 Å². The van der Waals surface area contributed by atoms with Gasteiger partial charge in [0, 0.05) is 17.2 Å². The van der Waals surface area contributed by atoms with Crippen molar-refractivity contribution in [3.8, 4) is 11.5 Å². The average Bonchev–Trinajstić information content (AvgIpc) is 2.46. The monoisotopic (exact) mass is 295 g/mol. The number of carbonyl (C=O) groups is 1. The standard InChI is InChI=1S/C16H22FNO3/c1-6-7-10(2)16(19)18-11(3)12-8-14(20-4)15(21-5)9-13(12)17/h7-9,11H,6H2,1-5H3,(H,18,19)/b10-7+/t11-/m0/s1. The molecule has 0 aromatic heterocycles. The van der Waals surface area contributed by atoms with E-state index < -0.39 is 11.9 Å². The Labute approximate surface area is 124 Å². The van der Waals surface area contributed by atoms with E-state index in [0.29, 0.717) is 22.6 Å². The molecule has 0 saturated heterocycles. The Morgan fingerprint density at radius 3 is 2.43 bits per heavy atom. The lowest BCUT2D eigenvalue weighted by atomic mass is 10.1. The molecule has 5 heteroatoms. The summed E-state index contributed by atoms with van der Waals surface area (Å²) in [5.41, 5.74) is 0.968. The van der Waals surface area contributed by atoms with Crippen LogP contribution in [0.2, 0.25) is 0 Å². The Morgan fingerprint density at radius 1 is 1.33 bits per heavy atom. The molecular weight excluding hydrogens is 273 g/mol. The van der Waals surface area contributed by atoms with E-state index in [4.69, 9.17) is 9.47 Å². The Bertz CT molecular complexity index is 541. The molecule has 1 N–H and O–H groups in total. The maximum Gasteiger partial charge on any atom is 0.247 e. The summed E-state index contributed by atoms with van der Waals surface area (Å²) in [7, 11) is 2.93. The highest BCUT2D eigenvalue weighted by Gasteiger charge is 2.18. The molecule has 1 atom stereocenters. The summed E-state index contributed by atoms with van der Waals surface area (Å²) in [6.07, 6.45) is 2.60. The number of halogens is 1. The molecule has 0 fully saturated rings. The van der Waals surface area contributed by atoms with Gasteiger partial charge in [-0.05, 0) is 26.3 Å². The SMILES string of the molecule is CC/C=C(\C)C(=O)N[C@@H](C)c1cc(OC)c(OC)cc1F. The molecule has 0 aliphatic heterocycles. The highest BCUT2D eigenvalue weighted by Crippen LogP contribution is 2.32. The lowest BCUT2D eigenvalue weighted by molar-refractivity contribution is -0.118. The van der Waals surface area contributed by atoms with Crippen molar-refractivity contribution in [3.05, 3.63) is 35.2 Å². The number of carbonyl (C=O) groups excluding carboxylic acids is 1. The summed E-state index contributed by atoms with van der Waals surface area (Å²) in [6.45, 7) is 5.41. The molecule has 0 aliphatic carbocycles. The van der Waals surface area contributed by atoms with Crippen molar-refractivity contribution in [1.82, 2.24) is 5.32 Å². The Morgan fingerprint density at radius 2 is 1.90 bits per heavy atom. The summed E-state index contributed by atoms with van der Waals surface area (Å²) in [5, 5.41) is 2.77. The number of benzene rings is 1. The first-order valence-corrected chi connectivity index (χ1v) is 6.83. The lowest BCUT2D eigenvalue weighted by Gasteiger charge is -2.17. The Kier molecular flexibility index (Phi) is 6.21. The van der Waals surface area contributed by atoms with Crippen LogP contribution < -0.4 is 14.8 Å². The third-order valence-corrected chi connectivity index (χ3v) is 3.19. The summed E-state index contributed by atoms with van der Waals surface area (Å²) in [5.74, 6) is 0.0891. The van der Waals surface area contributed by atoms with Crippen molar-refractivity contribution in [1.29, 1.82) is 0 Å². The predicted molar refractivity (Wildman–Crippen MR) is 80.1 cm³/mol. The number of amides is 1. The van der Waals surface area contributed by atoms with Crippen molar-refractivity contribution >= 4 is 5.91 Å². The Balaban J connectivity index is 3.00. The third-order valence-electron chi connectivity index (χ3n) is 3.19. The molecule has 0 heterocycles. The molecule has 0 spiro atoms. The summed E-state index contributed by atoms with van der Waals surface area (Å²) >= 11 is 0. The van der Waals surface area contributed by atoms with E-state index >= 15 is 0 Å². The van der Waals surface area contributed by atoms with Crippen molar-refractivity contribution in [2.24, 2.45) is 0 Å². The van der Waals surface area contributed by atoms with Crippen LogP contribution in [0.3, 0.4) is 0 Å². The van der Waals surface area contributed by atoms with Crippen molar-refractivity contribution < 1.29 is 18.7 Å². The number of hydrogen-bond acceptors (Lipinski definition) is 3. The van der Waals surface area contributed by atoms with Crippen molar-refractivity contribution in [2.75, 3.05) is 14.2 Å². The highest BCUT2D eigenvalue weighted by molar-refractivity contribution is 5.93. The first kappa shape index (κ1) is 17.0. The van der Waals surface area contributed by atoms with Crippen LogP contribution in [-0.4, -0.2) is 20.1 Å². The van der Waals surface area contributed by atoms with Gasteiger partial charge in [0.2, 0.25) is 5.91 Å². The maximum absolute atomic E-state index is 14.1. The third kappa shape index (κ3) is 4.21. The van der Waals surface area contributed by atoms with Gasteiger partial charge in [0.25, 0.3) is 0 Å². The second-order valence-corrected chi connectivity index (χ2v) is 4.72. The molecule has 0 saturated carbocycles.